The van der Waals surface area contributed by atoms with Crippen molar-refractivity contribution >= 4 is 5.82 Å². The van der Waals surface area contributed by atoms with Gasteiger partial charge in [0.05, 0.1) is 38.4 Å². The first kappa shape index (κ1) is 15.4. The first-order valence-electron chi connectivity index (χ1n) is 8.73. The van der Waals surface area contributed by atoms with E-state index in [-0.39, 0.29) is 6.10 Å². The van der Waals surface area contributed by atoms with Gasteiger partial charge in [0, 0.05) is 6.54 Å². The highest BCUT2D eigenvalue weighted by Gasteiger charge is 2.25. The molecule has 2 fully saturated rings. The van der Waals surface area contributed by atoms with Crippen molar-refractivity contribution in [3.05, 3.63) is 36.5 Å². The summed E-state index contributed by atoms with van der Waals surface area (Å²) in [4.78, 5) is 11.1. The second-order valence-corrected chi connectivity index (χ2v) is 6.50. The highest BCUT2D eigenvalue weighted by molar-refractivity contribution is 5.38. The Hall–Kier alpha value is -2.08. The Labute approximate surface area is 141 Å². The maximum Gasteiger partial charge on any atom is 0.234 e. The van der Waals surface area contributed by atoms with Crippen molar-refractivity contribution in [2.75, 3.05) is 31.2 Å². The Morgan fingerprint density at radius 2 is 2.17 bits per heavy atom. The molecule has 6 heteroatoms. The minimum Gasteiger partial charge on any atom is -0.476 e. The largest absolute Gasteiger partial charge is 0.476 e. The third-order valence-corrected chi connectivity index (χ3v) is 4.79. The van der Waals surface area contributed by atoms with E-state index in [2.05, 4.69) is 14.9 Å². The van der Waals surface area contributed by atoms with Gasteiger partial charge in [-0.2, -0.15) is 4.98 Å². The van der Waals surface area contributed by atoms with Crippen molar-refractivity contribution in [3.63, 3.8) is 0 Å². The number of hydrogen-bond donors (Lipinski definition) is 0. The third-order valence-electron chi connectivity index (χ3n) is 4.79. The zero-order valence-corrected chi connectivity index (χ0v) is 13.8. The Morgan fingerprint density at radius 3 is 3.00 bits per heavy atom. The Kier molecular flexibility index (Phi) is 4.64. The Bertz CT molecular complexity index is 641. The normalized spacial score (nSPS) is 22.0. The number of furan rings is 1. The molecule has 0 bridgehead atoms. The summed E-state index contributed by atoms with van der Waals surface area (Å²) < 4.78 is 17.1. The molecule has 24 heavy (non-hydrogen) atoms. The van der Waals surface area contributed by atoms with Crippen LogP contribution in [-0.2, 0) is 4.74 Å². The quantitative estimate of drug-likeness (QED) is 0.839. The molecular formula is C18H23N3O3. The number of ether oxygens (including phenoxy) is 2. The molecule has 128 valence electrons. The second kappa shape index (κ2) is 7.21. The van der Waals surface area contributed by atoms with E-state index in [1.54, 1.807) is 18.7 Å². The second-order valence-electron chi connectivity index (χ2n) is 6.50. The number of aromatic nitrogens is 2. The lowest BCUT2D eigenvalue weighted by Gasteiger charge is -2.32. The van der Waals surface area contributed by atoms with Gasteiger partial charge >= 0.3 is 0 Å². The maximum absolute atomic E-state index is 5.87. The van der Waals surface area contributed by atoms with Crippen LogP contribution in [0.25, 0.3) is 0 Å². The fourth-order valence-corrected chi connectivity index (χ4v) is 3.44. The summed E-state index contributed by atoms with van der Waals surface area (Å²) in [5, 5.41) is 0. The molecule has 1 unspecified atom stereocenters. The fraction of sp³-hybridized carbons (Fsp3) is 0.556. The van der Waals surface area contributed by atoms with E-state index in [4.69, 9.17) is 13.9 Å². The van der Waals surface area contributed by atoms with Gasteiger partial charge in [0.15, 0.2) is 5.82 Å². The highest BCUT2D eigenvalue weighted by Crippen LogP contribution is 2.27. The van der Waals surface area contributed by atoms with Crippen LogP contribution in [0.15, 0.2) is 35.2 Å². The van der Waals surface area contributed by atoms with Crippen LogP contribution in [0.2, 0.25) is 0 Å². The molecule has 1 aliphatic heterocycles. The SMILES string of the molecule is c1coc(C2CN(c3cncc(OCC4CCCC4)n3)CCO2)c1. The summed E-state index contributed by atoms with van der Waals surface area (Å²) >= 11 is 0. The van der Waals surface area contributed by atoms with E-state index < -0.39 is 0 Å². The molecule has 0 radical (unpaired) electrons. The first-order chi connectivity index (χ1) is 11.9. The lowest BCUT2D eigenvalue weighted by atomic mass is 10.1. The van der Waals surface area contributed by atoms with Crippen molar-refractivity contribution in [1.29, 1.82) is 0 Å². The van der Waals surface area contributed by atoms with Gasteiger partial charge in [-0.3, -0.25) is 4.98 Å². The molecule has 2 aromatic heterocycles. The van der Waals surface area contributed by atoms with E-state index in [1.807, 2.05) is 12.1 Å². The molecule has 6 nitrogen and oxygen atoms in total. The van der Waals surface area contributed by atoms with Gasteiger partial charge in [0.25, 0.3) is 0 Å². The molecule has 1 aliphatic carbocycles. The van der Waals surface area contributed by atoms with E-state index in [1.165, 1.54) is 25.7 Å². The summed E-state index contributed by atoms with van der Waals surface area (Å²) in [7, 11) is 0. The van der Waals surface area contributed by atoms with E-state index in [9.17, 15) is 0 Å². The summed E-state index contributed by atoms with van der Waals surface area (Å²) in [6.45, 7) is 2.88. The van der Waals surface area contributed by atoms with Crippen LogP contribution in [0.1, 0.15) is 37.5 Å². The van der Waals surface area contributed by atoms with Gasteiger partial charge in [-0.15, -0.1) is 0 Å². The van der Waals surface area contributed by atoms with Crippen molar-refractivity contribution in [3.8, 4) is 5.88 Å². The summed E-state index contributed by atoms with van der Waals surface area (Å²) in [5.74, 6) is 2.96. The average Bonchev–Trinajstić information content (AvgIpc) is 3.34. The van der Waals surface area contributed by atoms with Crippen LogP contribution in [0.3, 0.4) is 0 Å². The summed E-state index contributed by atoms with van der Waals surface area (Å²) in [6.07, 6.45) is 10.3. The minimum absolute atomic E-state index is 0.0707. The Morgan fingerprint density at radius 1 is 1.25 bits per heavy atom. The van der Waals surface area contributed by atoms with Crippen molar-refractivity contribution in [1.82, 2.24) is 9.97 Å². The zero-order valence-electron chi connectivity index (χ0n) is 13.8. The van der Waals surface area contributed by atoms with Crippen LogP contribution in [-0.4, -0.2) is 36.3 Å². The number of hydrogen-bond acceptors (Lipinski definition) is 6. The minimum atomic E-state index is -0.0707. The van der Waals surface area contributed by atoms with Gasteiger partial charge in [0.1, 0.15) is 11.9 Å². The van der Waals surface area contributed by atoms with Gasteiger partial charge < -0.3 is 18.8 Å². The van der Waals surface area contributed by atoms with Crippen molar-refractivity contribution < 1.29 is 13.9 Å². The van der Waals surface area contributed by atoms with Gasteiger partial charge in [-0.1, -0.05) is 12.8 Å². The Balaban J connectivity index is 1.40. The molecule has 3 heterocycles. The molecule has 2 aliphatic rings. The maximum atomic E-state index is 5.87. The number of nitrogens with zero attached hydrogens (tertiary/aromatic N) is 3. The topological polar surface area (TPSA) is 60.6 Å². The van der Waals surface area contributed by atoms with Crippen LogP contribution in [0.4, 0.5) is 5.82 Å². The molecule has 1 atom stereocenters. The molecule has 0 spiro atoms. The van der Waals surface area contributed by atoms with E-state index in [0.29, 0.717) is 24.9 Å². The third kappa shape index (κ3) is 3.53. The smallest absolute Gasteiger partial charge is 0.234 e. The van der Waals surface area contributed by atoms with E-state index >= 15 is 0 Å². The number of morpholine rings is 1. The lowest BCUT2D eigenvalue weighted by Crippen LogP contribution is -2.38. The van der Waals surface area contributed by atoms with Crippen LogP contribution in [0, 0.1) is 5.92 Å². The predicted octanol–water partition coefficient (Wildman–Crippen LogP) is 3.22. The lowest BCUT2D eigenvalue weighted by molar-refractivity contribution is 0.0254. The molecular weight excluding hydrogens is 306 g/mol. The van der Waals surface area contributed by atoms with Crippen LogP contribution in [0.5, 0.6) is 5.88 Å². The monoisotopic (exact) mass is 329 g/mol. The fourth-order valence-electron chi connectivity index (χ4n) is 3.44. The molecule has 1 saturated carbocycles. The predicted molar refractivity (Wildman–Crippen MR) is 89.1 cm³/mol. The molecule has 0 aromatic carbocycles. The van der Waals surface area contributed by atoms with Crippen LogP contribution < -0.4 is 9.64 Å². The summed E-state index contributed by atoms with van der Waals surface area (Å²) in [5.41, 5.74) is 0. The highest BCUT2D eigenvalue weighted by atomic mass is 16.5. The van der Waals surface area contributed by atoms with Crippen LogP contribution >= 0.6 is 0 Å². The van der Waals surface area contributed by atoms with Gasteiger partial charge in [-0.25, -0.2) is 0 Å². The van der Waals surface area contributed by atoms with Gasteiger partial charge in [0.2, 0.25) is 5.88 Å². The number of rotatable bonds is 5. The summed E-state index contributed by atoms with van der Waals surface area (Å²) in [6, 6.07) is 3.83. The molecule has 2 aromatic rings. The van der Waals surface area contributed by atoms with Crippen molar-refractivity contribution in [2.45, 2.75) is 31.8 Å². The number of anilines is 1. The van der Waals surface area contributed by atoms with Gasteiger partial charge in [-0.05, 0) is 30.9 Å². The molecule has 0 amide bonds. The van der Waals surface area contributed by atoms with E-state index in [0.717, 1.165) is 24.7 Å². The first-order valence-corrected chi connectivity index (χ1v) is 8.73. The molecule has 0 N–H and O–H groups in total. The molecule has 1 saturated heterocycles. The standard InChI is InChI=1S/C18H23N3O3/c1-2-5-14(4-1)13-24-18-11-19-10-17(20-18)21-7-9-23-16(12-21)15-6-3-8-22-15/h3,6,8,10-11,14,16H,1-2,4-5,7,9,12-13H2. The molecule has 4 rings (SSSR count). The zero-order chi connectivity index (χ0) is 16.2. The average molecular weight is 329 g/mol. The van der Waals surface area contributed by atoms with Crippen molar-refractivity contribution in [2.24, 2.45) is 5.92 Å².